The van der Waals surface area contributed by atoms with E-state index in [0.717, 1.165) is 11.3 Å². The highest BCUT2D eigenvalue weighted by Crippen LogP contribution is 2.36. The lowest BCUT2D eigenvalue weighted by Gasteiger charge is -2.28. The van der Waals surface area contributed by atoms with Crippen LogP contribution in [0.4, 0.5) is 5.69 Å². The number of likely N-dealkylation sites (N-methyl/N-ethyl adjacent to an activating group) is 1. The first kappa shape index (κ1) is 19.6. The van der Waals surface area contributed by atoms with E-state index in [1.54, 1.807) is 11.8 Å². The lowest BCUT2D eigenvalue weighted by molar-refractivity contribution is -0.133. The van der Waals surface area contributed by atoms with Crippen molar-refractivity contribution in [1.82, 2.24) is 9.80 Å². The summed E-state index contributed by atoms with van der Waals surface area (Å²) in [6.07, 6.45) is 0.590. The maximum absolute atomic E-state index is 13.5. The predicted molar refractivity (Wildman–Crippen MR) is 115 cm³/mol. The molecule has 0 aromatic heterocycles. The molecule has 0 saturated carbocycles. The molecule has 2 aromatic carbocycles. The smallest absolute Gasteiger partial charge is 0.246 e. The molecule has 5 nitrogen and oxygen atoms in total. The average molecular weight is 392 g/mol. The van der Waals surface area contributed by atoms with Crippen molar-refractivity contribution in [3.8, 4) is 0 Å². The van der Waals surface area contributed by atoms with Crippen LogP contribution in [-0.2, 0) is 16.0 Å². The van der Waals surface area contributed by atoms with Crippen molar-refractivity contribution in [2.45, 2.75) is 38.3 Å². The molecular weight excluding hydrogens is 362 g/mol. The first-order valence-electron chi connectivity index (χ1n) is 10.3. The van der Waals surface area contributed by atoms with Crippen molar-refractivity contribution in [3.05, 3.63) is 65.2 Å². The molecule has 3 atom stereocenters. The summed E-state index contributed by atoms with van der Waals surface area (Å²) in [6.45, 7) is 5.00. The largest absolute Gasteiger partial charge is 0.339 e. The van der Waals surface area contributed by atoms with Crippen LogP contribution in [0.5, 0.6) is 0 Å². The second-order valence-corrected chi connectivity index (χ2v) is 8.53. The zero-order valence-electron chi connectivity index (χ0n) is 17.6. The van der Waals surface area contributed by atoms with Crippen molar-refractivity contribution in [1.29, 1.82) is 0 Å². The summed E-state index contributed by atoms with van der Waals surface area (Å²) < 4.78 is 0. The fourth-order valence-corrected chi connectivity index (χ4v) is 4.81. The third-order valence-corrected chi connectivity index (χ3v) is 6.37. The quantitative estimate of drug-likeness (QED) is 0.808. The summed E-state index contributed by atoms with van der Waals surface area (Å²) in [5.41, 5.74) is 4.45. The number of para-hydroxylation sites is 1. The molecule has 1 fully saturated rings. The van der Waals surface area contributed by atoms with E-state index >= 15 is 0 Å². The summed E-state index contributed by atoms with van der Waals surface area (Å²) in [5, 5.41) is 0. The van der Waals surface area contributed by atoms with Gasteiger partial charge >= 0.3 is 0 Å². The number of rotatable bonds is 3. The zero-order valence-corrected chi connectivity index (χ0v) is 17.6. The van der Waals surface area contributed by atoms with E-state index in [-0.39, 0.29) is 23.8 Å². The summed E-state index contributed by atoms with van der Waals surface area (Å²) in [7, 11) is 4.15. The highest BCUT2D eigenvalue weighted by molar-refractivity contribution is 6.02. The van der Waals surface area contributed by atoms with Gasteiger partial charge in [-0.2, -0.15) is 0 Å². The van der Waals surface area contributed by atoms with Gasteiger partial charge in [0.1, 0.15) is 6.04 Å². The summed E-state index contributed by atoms with van der Waals surface area (Å²) in [5.74, 6) is 0.244. The van der Waals surface area contributed by atoms with Gasteiger partial charge in [0.2, 0.25) is 11.8 Å². The minimum atomic E-state index is -0.440. The first-order valence-corrected chi connectivity index (χ1v) is 10.3. The molecule has 2 amide bonds. The highest BCUT2D eigenvalue weighted by atomic mass is 16.2. The minimum absolute atomic E-state index is 0.0536. The van der Waals surface area contributed by atoms with Crippen molar-refractivity contribution < 1.29 is 9.59 Å². The number of carbonyl (C=O) groups excluding carboxylic acids is 2. The van der Waals surface area contributed by atoms with Crippen molar-refractivity contribution in [2.75, 3.05) is 32.1 Å². The maximum atomic E-state index is 13.5. The van der Waals surface area contributed by atoms with E-state index in [1.165, 1.54) is 11.1 Å². The molecule has 2 aromatic rings. The molecule has 0 N–H and O–H groups in total. The van der Waals surface area contributed by atoms with E-state index in [9.17, 15) is 9.59 Å². The van der Waals surface area contributed by atoms with Crippen LogP contribution in [0.3, 0.4) is 0 Å². The summed E-state index contributed by atoms with van der Waals surface area (Å²) in [4.78, 5) is 31.8. The number of aryl methyl sites for hydroxylation is 1. The Hall–Kier alpha value is -2.66. The second-order valence-electron chi connectivity index (χ2n) is 8.53. The van der Waals surface area contributed by atoms with E-state index in [4.69, 9.17) is 0 Å². The number of amides is 2. The number of hydrogen-bond acceptors (Lipinski definition) is 3. The normalized spacial score (nSPS) is 23.6. The van der Waals surface area contributed by atoms with Crippen LogP contribution >= 0.6 is 0 Å². The summed E-state index contributed by atoms with van der Waals surface area (Å²) >= 11 is 0. The molecule has 29 heavy (non-hydrogen) atoms. The van der Waals surface area contributed by atoms with Crippen LogP contribution in [0.1, 0.15) is 29.5 Å². The highest BCUT2D eigenvalue weighted by Gasteiger charge is 2.43. The Morgan fingerprint density at radius 1 is 1.00 bits per heavy atom. The number of hydrogen-bond donors (Lipinski definition) is 0. The van der Waals surface area contributed by atoms with Crippen molar-refractivity contribution >= 4 is 17.5 Å². The van der Waals surface area contributed by atoms with Crippen molar-refractivity contribution in [2.24, 2.45) is 0 Å². The van der Waals surface area contributed by atoms with Crippen LogP contribution in [-0.4, -0.2) is 60.9 Å². The summed E-state index contributed by atoms with van der Waals surface area (Å²) in [6, 6.07) is 16.3. The standard InChI is InChI=1S/C24H29N3O2/c1-16-9-11-18(12-10-16)20-14-26(15-23(20)25(3)4)24(29)22-13-19-7-5-6-8-21(19)27(22)17(2)28/h5-12,20,22-23H,13-15H2,1-4H3. The van der Waals surface area contributed by atoms with Gasteiger partial charge in [-0.15, -0.1) is 0 Å². The lowest BCUT2D eigenvalue weighted by Crippen LogP contribution is -2.49. The van der Waals surface area contributed by atoms with E-state index in [0.29, 0.717) is 19.5 Å². The number of benzene rings is 2. The van der Waals surface area contributed by atoms with Gasteiger partial charge < -0.3 is 9.80 Å². The Balaban J connectivity index is 1.59. The Labute approximate surface area is 172 Å². The number of fused-ring (bicyclic) bond motifs is 1. The Bertz CT molecular complexity index is 922. The zero-order chi connectivity index (χ0) is 20.7. The average Bonchev–Trinajstić information content (AvgIpc) is 3.30. The molecule has 3 unspecified atom stereocenters. The Kier molecular flexibility index (Phi) is 5.17. The molecule has 5 heteroatoms. The Morgan fingerprint density at radius 3 is 2.34 bits per heavy atom. The van der Waals surface area contributed by atoms with Crippen LogP contribution in [0.15, 0.2) is 48.5 Å². The first-order chi connectivity index (χ1) is 13.9. The number of nitrogens with zero attached hydrogens (tertiary/aromatic N) is 3. The molecule has 2 aliphatic heterocycles. The topological polar surface area (TPSA) is 43.9 Å². The molecule has 0 spiro atoms. The fraction of sp³-hybridized carbons (Fsp3) is 0.417. The van der Waals surface area contributed by atoms with Gasteiger partial charge in [-0.1, -0.05) is 48.0 Å². The van der Waals surface area contributed by atoms with Crippen LogP contribution in [0.25, 0.3) is 0 Å². The molecule has 1 saturated heterocycles. The molecule has 0 aliphatic carbocycles. The van der Waals surface area contributed by atoms with Gasteiger partial charge in [0, 0.05) is 44.1 Å². The Morgan fingerprint density at radius 2 is 1.69 bits per heavy atom. The molecule has 2 heterocycles. The fourth-order valence-electron chi connectivity index (χ4n) is 4.81. The molecular formula is C24H29N3O2. The monoisotopic (exact) mass is 391 g/mol. The maximum Gasteiger partial charge on any atom is 0.246 e. The third-order valence-electron chi connectivity index (χ3n) is 6.37. The van der Waals surface area contributed by atoms with Gasteiger partial charge in [-0.3, -0.25) is 14.5 Å². The van der Waals surface area contributed by atoms with Gasteiger partial charge in [-0.05, 0) is 38.2 Å². The van der Waals surface area contributed by atoms with Crippen LogP contribution in [0.2, 0.25) is 0 Å². The van der Waals surface area contributed by atoms with E-state index in [1.807, 2.05) is 29.2 Å². The SMILES string of the molecule is CC(=O)N1c2ccccc2CC1C(=O)N1CC(c2ccc(C)cc2)C(N(C)C)C1. The molecule has 0 radical (unpaired) electrons. The molecule has 152 valence electrons. The number of anilines is 1. The third kappa shape index (κ3) is 3.55. The minimum Gasteiger partial charge on any atom is -0.339 e. The number of carbonyl (C=O) groups is 2. The van der Waals surface area contributed by atoms with Gasteiger partial charge in [0.15, 0.2) is 0 Å². The number of likely N-dealkylation sites (tertiary alicyclic amines) is 1. The van der Waals surface area contributed by atoms with Crippen LogP contribution < -0.4 is 4.90 Å². The van der Waals surface area contributed by atoms with Crippen LogP contribution in [0, 0.1) is 6.92 Å². The molecule has 4 rings (SSSR count). The van der Waals surface area contributed by atoms with Gasteiger partial charge in [0.25, 0.3) is 0 Å². The lowest BCUT2D eigenvalue weighted by atomic mass is 9.93. The van der Waals surface area contributed by atoms with E-state index in [2.05, 4.69) is 50.2 Å². The molecule has 2 aliphatic rings. The van der Waals surface area contributed by atoms with Gasteiger partial charge in [0.05, 0.1) is 0 Å². The second kappa shape index (κ2) is 7.64. The van der Waals surface area contributed by atoms with E-state index < -0.39 is 6.04 Å². The van der Waals surface area contributed by atoms with Crippen molar-refractivity contribution in [3.63, 3.8) is 0 Å². The predicted octanol–water partition coefficient (Wildman–Crippen LogP) is 2.83. The molecule has 0 bridgehead atoms. The van der Waals surface area contributed by atoms with Gasteiger partial charge in [-0.25, -0.2) is 0 Å².